The maximum atomic E-state index is 5.43. The third kappa shape index (κ3) is 13.6. The monoisotopic (exact) mass is 229 g/mol. The van der Waals surface area contributed by atoms with Crippen LogP contribution in [-0.4, -0.2) is 39.5 Å². The molecule has 0 aliphatic rings. The molecule has 0 aromatic carbocycles. The molecule has 0 saturated heterocycles. The summed E-state index contributed by atoms with van der Waals surface area (Å²) in [7, 11) is 0. The summed E-state index contributed by atoms with van der Waals surface area (Å²) in [5, 5.41) is 3.28. The maximum Gasteiger partial charge on any atom is 0.0591 e. The van der Waals surface area contributed by atoms with Gasteiger partial charge >= 0.3 is 0 Å². The number of nitrogens with one attached hydrogen (secondary N) is 1. The topological polar surface area (TPSA) is 30.5 Å². The van der Waals surface area contributed by atoms with Gasteiger partial charge in [0, 0.05) is 19.7 Å². The molecule has 0 rings (SSSR count). The minimum Gasteiger partial charge on any atom is -0.380 e. The van der Waals surface area contributed by atoms with Crippen LogP contribution < -0.4 is 5.32 Å². The van der Waals surface area contributed by atoms with Crippen LogP contribution >= 0.6 is 0 Å². The van der Waals surface area contributed by atoms with Crippen molar-refractivity contribution in [3.05, 3.63) is 12.2 Å². The van der Waals surface area contributed by atoms with E-state index in [1.807, 2.05) is 6.92 Å². The van der Waals surface area contributed by atoms with Gasteiger partial charge in [-0.1, -0.05) is 18.9 Å². The highest BCUT2D eigenvalue weighted by Gasteiger charge is 1.91. The molecule has 0 aromatic heterocycles. The second-order valence-electron chi connectivity index (χ2n) is 4.04. The van der Waals surface area contributed by atoms with E-state index in [-0.39, 0.29) is 0 Å². The SMILES string of the molecule is C=C(C)CCOCCNCCOCCCC. The summed E-state index contributed by atoms with van der Waals surface area (Å²) in [5.41, 5.74) is 1.18. The van der Waals surface area contributed by atoms with E-state index in [9.17, 15) is 0 Å². The van der Waals surface area contributed by atoms with E-state index in [0.29, 0.717) is 0 Å². The largest absolute Gasteiger partial charge is 0.380 e. The van der Waals surface area contributed by atoms with E-state index in [4.69, 9.17) is 9.47 Å². The second-order valence-corrected chi connectivity index (χ2v) is 4.04. The van der Waals surface area contributed by atoms with Gasteiger partial charge in [0.25, 0.3) is 0 Å². The zero-order valence-electron chi connectivity index (χ0n) is 10.9. The predicted octanol–water partition coefficient (Wildman–Crippen LogP) is 2.38. The molecule has 0 aliphatic carbocycles. The Morgan fingerprint density at radius 3 is 2.25 bits per heavy atom. The van der Waals surface area contributed by atoms with Gasteiger partial charge < -0.3 is 14.8 Å². The molecule has 0 radical (unpaired) electrons. The molecule has 0 spiro atoms. The standard InChI is InChI=1S/C13H27NO2/c1-4-5-9-15-11-7-14-8-12-16-10-6-13(2)3/h14H,2,4-12H2,1,3H3. The van der Waals surface area contributed by atoms with Gasteiger partial charge in [0.1, 0.15) is 0 Å². The zero-order chi connectivity index (χ0) is 12.1. The van der Waals surface area contributed by atoms with Crippen LogP contribution in [0.25, 0.3) is 0 Å². The van der Waals surface area contributed by atoms with Crippen molar-refractivity contribution < 1.29 is 9.47 Å². The van der Waals surface area contributed by atoms with Crippen LogP contribution in [0.1, 0.15) is 33.1 Å². The summed E-state index contributed by atoms with van der Waals surface area (Å²) in [4.78, 5) is 0. The van der Waals surface area contributed by atoms with Gasteiger partial charge in [0.05, 0.1) is 19.8 Å². The van der Waals surface area contributed by atoms with Gasteiger partial charge in [0.15, 0.2) is 0 Å². The van der Waals surface area contributed by atoms with E-state index in [1.165, 1.54) is 12.0 Å². The normalized spacial score (nSPS) is 10.6. The highest BCUT2D eigenvalue weighted by atomic mass is 16.5. The summed E-state index contributed by atoms with van der Waals surface area (Å²) in [6.45, 7) is 13.1. The number of ether oxygens (including phenoxy) is 2. The van der Waals surface area contributed by atoms with Crippen molar-refractivity contribution in [1.82, 2.24) is 5.32 Å². The molecule has 0 unspecified atom stereocenters. The predicted molar refractivity (Wildman–Crippen MR) is 68.8 cm³/mol. The minimum absolute atomic E-state index is 0.766. The Kier molecular flexibility index (Phi) is 12.4. The molecule has 3 nitrogen and oxygen atoms in total. The highest BCUT2D eigenvalue weighted by Crippen LogP contribution is 1.94. The van der Waals surface area contributed by atoms with Gasteiger partial charge in [0.2, 0.25) is 0 Å². The van der Waals surface area contributed by atoms with E-state index in [1.54, 1.807) is 0 Å². The first-order valence-corrected chi connectivity index (χ1v) is 6.28. The Labute approximate surface area is 100 Å². The van der Waals surface area contributed by atoms with E-state index < -0.39 is 0 Å². The summed E-state index contributed by atoms with van der Waals surface area (Å²) < 4.78 is 10.8. The van der Waals surface area contributed by atoms with Crippen LogP contribution in [-0.2, 0) is 9.47 Å². The quantitative estimate of drug-likeness (QED) is 0.412. The maximum absolute atomic E-state index is 5.43. The summed E-state index contributed by atoms with van der Waals surface area (Å²) >= 11 is 0. The van der Waals surface area contributed by atoms with Crippen molar-refractivity contribution in [2.45, 2.75) is 33.1 Å². The molecule has 0 aliphatic heterocycles. The van der Waals surface area contributed by atoms with Crippen molar-refractivity contribution in [3.8, 4) is 0 Å². The van der Waals surface area contributed by atoms with E-state index in [0.717, 1.165) is 52.4 Å². The van der Waals surface area contributed by atoms with Crippen LogP contribution in [0, 0.1) is 0 Å². The molecule has 0 heterocycles. The molecule has 0 fully saturated rings. The average Bonchev–Trinajstić information content (AvgIpc) is 2.25. The minimum atomic E-state index is 0.766. The number of unbranched alkanes of at least 4 members (excludes halogenated alkanes) is 1. The summed E-state index contributed by atoms with van der Waals surface area (Å²) in [6.07, 6.45) is 3.31. The third-order valence-corrected chi connectivity index (χ3v) is 2.16. The van der Waals surface area contributed by atoms with Crippen molar-refractivity contribution >= 4 is 0 Å². The molecule has 0 bridgehead atoms. The average molecular weight is 229 g/mol. The van der Waals surface area contributed by atoms with Crippen molar-refractivity contribution in [2.75, 3.05) is 39.5 Å². The molecule has 0 amide bonds. The van der Waals surface area contributed by atoms with Crippen LogP contribution in [0.5, 0.6) is 0 Å². The number of rotatable bonds is 12. The van der Waals surface area contributed by atoms with Gasteiger partial charge in [-0.2, -0.15) is 0 Å². The molecule has 0 saturated carbocycles. The van der Waals surface area contributed by atoms with Crippen molar-refractivity contribution in [2.24, 2.45) is 0 Å². The molecule has 3 heteroatoms. The summed E-state index contributed by atoms with van der Waals surface area (Å²) in [6, 6.07) is 0. The van der Waals surface area contributed by atoms with Gasteiger partial charge in [-0.3, -0.25) is 0 Å². The van der Waals surface area contributed by atoms with Crippen molar-refractivity contribution in [3.63, 3.8) is 0 Å². The van der Waals surface area contributed by atoms with Gasteiger partial charge in [-0.15, -0.1) is 6.58 Å². The fraction of sp³-hybridized carbons (Fsp3) is 0.846. The second kappa shape index (κ2) is 12.7. The van der Waals surface area contributed by atoms with Crippen LogP contribution in [0.15, 0.2) is 12.2 Å². The lowest BCUT2D eigenvalue weighted by molar-refractivity contribution is 0.121. The first-order chi connectivity index (χ1) is 7.77. The first kappa shape index (κ1) is 15.6. The van der Waals surface area contributed by atoms with E-state index >= 15 is 0 Å². The van der Waals surface area contributed by atoms with Crippen LogP contribution in [0.2, 0.25) is 0 Å². The smallest absolute Gasteiger partial charge is 0.0591 e. The first-order valence-electron chi connectivity index (χ1n) is 6.28. The van der Waals surface area contributed by atoms with Gasteiger partial charge in [-0.05, 0) is 19.8 Å². The van der Waals surface area contributed by atoms with Gasteiger partial charge in [-0.25, -0.2) is 0 Å². The van der Waals surface area contributed by atoms with Crippen molar-refractivity contribution in [1.29, 1.82) is 0 Å². The highest BCUT2D eigenvalue weighted by molar-refractivity contribution is 4.86. The third-order valence-electron chi connectivity index (χ3n) is 2.16. The Bertz CT molecular complexity index is 160. The molecule has 16 heavy (non-hydrogen) atoms. The molecule has 1 N–H and O–H groups in total. The summed E-state index contributed by atoms with van der Waals surface area (Å²) in [5.74, 6) is 0. The Morgan fingerprint density at radius 1 is 1.06 bits per heavy atom. The Hall–Kier alpha value is -0.380. The fourth-order valence-electron chi connectivity index (χ4n) is 1.11. The lowest BCUT2D eigenvalue weighted by Crippen LogP contribution is -2.24. The molecule has 96 valence electrons. The fourth-order valence-corrected chi connectivity index (χ4v) is 1.11. The number of hydrogen-bond donors (Lipinski definition) is 1. The molecular formula is C13H27NO2. The molecular weight excluding hydrogens is 202 g/mol. The zero-order valence-corrected chi connectivity index (χ0v) is 10.9. The van der Waals surface area contributed by atoms with Crippen LogP contribution in [0.4, 0.5) is 0 Å². The molecule has 0 atom stereocenters. The Morgan fingerprint density at radius 2 is 1.69 bits per heavy atom. The lowest BCUT2D eigenvalue weighted by atomic mass is 10.3. The molecule has 0 aromatic rings. The Balaban J connectivity index is 2.90. The number of hydrogen-bond acceptors (Lipinski definition) is 3. The lowest BCUT2D eigenvalue weighted by Gasteiger charge is -2.06. The van der Waals surface area contributed by atoms with Crippen LogP contribution in [0.3, 0.4) is 0 Å². The van der Waals surface area contributed by atoms with E-state index in [2.05, 4.69) is 18.8 Å².